The standard InChI is InChI=1S/C15H17FN2/c1-2-7-17-11-13-9-14(16)5-6-15(13)12-4-3-8-18-10-12/h3-6,8-10,17H,2,7,11H2,1H3. The molecular formula is C15H17FN2. The Bertz CT molecular complexity index is 497. The zero-order valence-corrected chi connectivity index (χ0v) is 10.5. The molecule has 1 aromatic heterocycles. The van der Waals surface area contributed by atoms with Crippen molar-refractivity contribution in [1.82, 2.24) is 10.3 Å². The van der Waals surface area contributed by atoms with Crippen molar-refractivity contribution in [3.63, 3.8) is 0 Å². The van der Waals surface area contributed by atoms with Crippen LogP contribution in [-0.4, -0.2) is 11.5 Å². The molecule has 2 rings (SSSR count). The van der Waals surface area contributed by atoms with E-state index in [-0.39, 0.29) is 5.82 Å². The van der Waals surface area contributed by atoms with Gasteiger partial charge in [0.15, 0.2) is 0 Å². The third-order valence-corrected chi connectivity index (χ3v) is 2.78. The fourth-order valence-electron chi connectivity index (χ4n) is 1.91. The van der Waals surface area contributed by atoms with Gasteiger partial charge in [-0.3, -0.25) is 4.98 Å². The average Bonchev–Trinajstić information content (AvgIpc) is 2.40. The summed E-state index contributed by atoms with van der Waals surface area (Å²) in [6.45, 7) is 3.72. The lowest BCUT2D eigenvalue weighted by Gasteiger charge is -2.10. The van der Waals surface area contributed by atoms with Crippen LogP contribution in [0, 0.1) is 5.82 Å². The van der Waals surface area contributed by atoms with Crippen molar-refractivity contribution in [3.8, 4) is 11.1 Å². The number of aromatic nitrogens is 1. The van der Waals surface area contributed by atoms with Gasteiger partial charge in [0, 0.05) is 24.5 Å². The summed E-state index contributed by atoms with van der Waals surface area (Å²) in [4.78, 5) is 4.11. The van der Waals surface area contributed by atoms with Crippen molar-refractivity contribution in [2.75, 3.05) is 6.54 Å². The van der Waals surface area contributed by atoms with E-state index in [1.54, 1.807) is 18.5 Å². The second-order valence-corrected chi connectivity index (χ2v) is 4.22. The van der Waals surface area contributed by atoms with E-state index in [2.05, 4.69) is 17.2 Å². The Labute approximate surface area is 107 Å². The van der Waals surface area contributed by atoms with Gasteiger partial charge in [0.1, 0.15) is 5.82 Å². The first-order valence-corrected chi connectivity index (χ1v) is 6.21. The van der Waals surface area contributed by atoms with Crippen LogP contribution in [0.5, 0.6) is 0 Å². The van der Waals surface area contributed by atoms with Crippen molar-refractivity contribution in [2.45, 2.75) is 19.9 Å². The number of benzene rings is 1. The van der Waals surface area contributed by atoms with Gasteiger partial charge < -0.3 is 5.32 Å². The zero-order chi connectivity index (χ0) is 12.8. The van der Waals surface area contributed by atoms with Crippen molar-refractivity contribution in [3.05, 3.63) is 54.1 Å². The fourth-order valence-corrected chi connectivity index (χ4v) is 1.91. The second kappa shape index (κ2) is 6.26. The van der Waals surface area contributed by atoms with Crippen LogP contribution in [0.4, 0.5) is 4.39 Å². The van der Waals surface area contributed by atoms with E-state index in [0.29, 0.717) is 6.54 Å². The Hall–Kier alpha value is -1.74. The van der Waals surface area contributed by atoms with Crippen molar-refractivity contribution in [1.29, 1.82) is 0 Å². The second-order valence-electron chi connectivity index (χ2n) is 4.22. The van der Waals surface area contributed by atoms with Crippen LogP contribution in [0.2, 0.25) is 0 Å². The number of nitrogens with one attached hydrogen (secondary N) is 1. The Morgan fingerprint density at radius 1 is 1.28 bits per heavy atom. The Morgan fingerprint density at radius 2 is 2.17 bits per heavy atom. The molecule has 0 saturated heterocycles. The van der Waals surface area contributed by atoms with Crippen molar-refractivity contribution >= 4 is 0 Å². The number of rotatable bonds is 5. The highest BCUT2D eigenvalue weighted by molar-refractivity contribution is 5.66. The van der Waals surface area contributed by atoms with E-state index in [4.69, 9.17) is 0 Å². The van der Waals surface area contributed by atoms with E-state index in [1.165, 1.54) is 6.07 Å². The summed E-state index contributed by atoms with van der Waals surface area (Å²) in [7, 11) is 0. The smallest absolute Gasteiger partial charge is 0.123 e. The summed E-state index contributed by atoms with van der Waals surface area (Å²) in [6, 6.07) is 8.78. The van der Waals surface area contributed by atoms with Crippen LogP contribution >= 0.6 is 0 Å². The molecule has 3 heteroatoms. The minimum absolute atomic E-state index is 0.198. The topological polar surface area (TPSA) is 24.9 Å². The van der Waals surface area contributed by atoms with Gasteiger partial charge in [0.25, 0.3) is 0 Å². The lowest BCUT2D eigenvalue weighted by atomic mass is 10.0. The van der Waals surface area contributed by atoms with Gasteiger partial charge in [-0.05, 0) is 42.3 Å². The molecule has 0 unspecified atom stereocenters. The molecule has 1 heterocycles. The van der Waals surface area contributed by atoms with Crippen LogP contribution < -0.4 is 5.32 Å². The molecule has 94 valence electrons. The van der Waals surface area contributed by atoms with Crippen molar-refractivity contribution < 1.29 is 4.39 Å². The first-order chi connectivity index (χ1) is 8.81. The summed E-state index contributed by atoms with van der Waals surface area (Å²) < 4.78 is 13.3. The number of nitrogens with zero attached hydrogens (tertiary/aromatic N) is 1. The molecule has 0 atom stereocenters. The van der Waals surface area contributed by atoms with Crippen LogP contribution in [0.1, 0.15) is 18.9 Å². The molecule has 0 radical (unpaired) electrons. The summed E-state index contributed by atoms with van der Waals surface area (Å²) in [5, 5.41) is 3.30. The van der Waals surface area contributed by atoms with Gasteiger partial charge in [0.2, 0.25) is 0 Å². The summed E-state index contributed by atoms with van der Waals surface area (Å²) >= 11 is 0. The molecule has 0 amide bonds. The zero-order valence-electron chi connectivity index (χ0n) is 10.5. The molecule has 0 fully saturated rings. The highest BCUT2D eigenvalue weighted by Gasteiger charge is 2.06. The minimum atomic E-state index is -0.198. The molecule has 1 N–H and O–H groups in total. The van der Waals surface area contributed by atoms with E-state index >= 15 is 0 Å². The molecular weight excluding hydrogens is 227 g/mol. The predicted octanol–water partition coefficient (Wildman–Crippen LogP) is 3.39. The maximum atomic E-state index is 13.3. The summed E-state index contributed by atoms with van der Waals surface area (Å²) in [5.41, 5.74) is 3.02. The van der Waals surface area contributed by atoms with E-state index < -0.39 is 0 Å². The average molecular weight is 244 g/mol. The van der Waals surface area contributed by atoms with Crippen LogP contribution in [0.25, 0.3) is 11.1 Å². The molecule has 2 nitrogen and oxygen atoms in total. The third kappa shape index (κ3) is 3.14. The molecule has 0 spiro atoms. The molecule has 0 bridgehead atoms. The third-order valence-electron chi connectivity index (χ3n) is 2.78. The number of hydrogen-bond donors (Lipinski definition) is 1. The SMILES string of the molecule is CCCNCc1cc(F)ccc1-c1cccnc1. The molecule has 0 aliphatic heterocycles. The first kappa shape index (κ1) is 12.7. The van der Waals surface area contributed by atoms with Gasteiger partial charge in [-0.25, -0.2) is 4.39 Å². The molecule has 18 heavy (non-hydrogen) atoms. The summed E-state index contributed by atoms with van der Waals surface area (Å²) in [5.74, 6) is -0.198. The van der Waals surface area contributed by atoms with Gasteiger partial charge in [-0.1, -0.05) is 19.1 Å². The van der Waals surface area contributed by atoms with E-state index in [0.717, 1.165) is 29.7 Å². The molecule has 2 aromatic rings. The van der Waals surface area contributed by atoms with Gasteiger partial charge in [-0.2, -0.15) is 0 Å². The van der Waals surface area contributed by atoms with Crippen molar-refractivity contribution in [2.24, 2.45) is 0 Å². The maximum absolute atomic E-state index is 13.3. The Kier molecular flexibility index (Phi) is 4.42. The Morgan fingerprint density at radius 3 is 2.89 bits per heavy atom. The normalized spacial score (nSPS) is 10.6. The number of hydrogen-bond acceptors (Lipinski definition) is 2. The quantitative estimate of drug-likeness (QED) is 0.815. The molecule has 1 aromatic carbocycles. The maximum Gasteiger partial charge on any atom is 0.123 e. The van der Waals surface area contributed by atoms with Gasteiger partial charge in [-0.15, -0.1) is 0 Å². The first-order valence-electron chi connectivity index (χ1n) is 6.21. The molecule has 0 aliphatic rings. The van der Waals surface area contributed by atoms with Crippen LogP contribution in [0.3, 0.4) is 0 Å². The Balaban J connectivity index is 2.29. The van der Waals surface area contributed by atoms with Crippen LogP contribution in [-0.2, 0) is 6.54 Å². The van der Waals surface area contributed by atoms with E-state index in [9.17, 15) is 4.39 Å². The lowest BCUT2D eigenvalue weighted by molar-refractivity contribution is 0.619. The van der Waals surface area contributed by atoms with Gasteiger partial charge in [0.05, 0.1) is 0 Å². The van der Waals surface area contributed by atoms with E-state index in [1.807, 2.05) is 18.2 Å². The largest absolute Gasteiger partial charge is 0.313 e. The minimum Gasteiger partial charge on any atom is -0.313 e. The monoisotopic (exact) mass is 244 g/mol. The molecule has 0 saturated carbocycles. The lowest BCUT2D eigenvalue weighted by Crippen LogP contribution is -2.14. The predicted molar refractivity (Wildman–Crippen MR) is 71.6 cm³/mol. The van der Waals surface area contributed by atoms with Gasteiger partial charge >= 0.3 is 0 Å². The fraction of sp³-hybridized carbons (Fsp3) is 0.267. The molecule has 0 aliphatic carbocycles. The highest BCUT2D eigenvalue weighted by atomic mass is 19.1. The number of halogens is 1. The van der Waals surface area contributed by atoms with Crippen LogP contribution in [0.15, 0.2) is 42.7 Å². The highest BCUT2D eigenvalue weighted by Crippen LogP contribution is 2.23. The summed E-state index contributed by atoms with van der Waals surface area (Å²) in [6.07, 6.45) is 4.61. The number of pyridine rings is 1.